The molecule has 2 rings (SSSR count). The molecule has 0 aromatic carbocycles. The molecule has 2 aliphatic rings. The summed E-state index contributed by atoms with van der Waals surface area (Å²) in [7, 11) is 0. The summed E-state index contributed by atoms with van der Waals surface area (Å²) in [5.41, 5.74) is 0.202. The van der Waals surface area contributed by atoms with Gasteiger partial charge in [0.05, 0.1) is 5.60 Å². The minimum absolute atomic E-state index is 0.202. The molecule has 0 atom stereocenters. The lowest BCUT2D eigenvalue weighted by Gasteiger charge is -2.33. The number of hydrogen-bond acceptors (Lipinski definition) is 2. The van der Waals surface area contributed by atoms with Gasteiger partial charge in [-0.3, -0.25) is 0 Å². The van der Waals surface area contributed by atoms with Crippen LogP contribution in [-0.4, -0.2) is 18.9 Å². The Hall–Kier alpha value is -0.485. The van der Waals surface area contributed by atoms with Crippen LogP contribution >= 0.6 is 0 Å². The van der Waals surface area contributed by atoms with Crippen LogP contribution < -0.4 is 0 Å². The highest BCUT2D eigenvalue weighted by molar-refractivity contribution is 6.67. The van der Waals surface area contributed by atoms with E-state index in [9.17, 15) is 0 Å². The average molecular weight is 163 g/mol. The zero-order valence-electron chi connectivity index (χ0n) is 7.38. The molecular weight excluding hydrogens is 149 g/mol. The Labute approximate surface area is 74.0 Å². The number of nitrogens with zero attached hydrogens (tertiary/aromatic N) is 1. The topological polar surface area (TPSA) is 33.0 Å². The Kier molecular flexibility index (Phi) is 2.10. The van der Waals surface area contributed by atoms with Crippen LogP contribution in [0, 0.1) is 11.2 Å². The summed E-state index contributed by atoms with van der Waals surface area (Å²) >= 11 is 0. The highest BCUT2D eigenvalue weighted by Crippen LogP contribution is 2.39. The van der Waals surface area contributed by atoms with E-state index in [1.165, 1.54) is 12.8 Å². The van der Waals surface area contributed by atoms with Crippen molar-refractivity contribution < 1.29 is 4.74 Å². The Bertz CT molecular complexity index is 195. The molecule has 2 heterocycles. The first kappa shape index (κ1) is 8.13. The summed E-state index contributed by atoms with van der Waals surface area (Å²) in [5.74, 6) is 2.35. The predicted molar refractivity (Wildman–Crippen MR) is 48.1 cm³/mol. The number of nitriles is 1. The Morgan fingerprint density at radius 1 is 1.25 bits per heavy atom. The summed E-state index contributed by atoms with van der Waals surface area (Å²) in [6.45, 7) is 1.25. The molecule has 64 valence electrons. The molecule has 2 fully saturated rings. The lowest BCUT2D eigenvalue weighted by Crippen LogP contribution is -2.35. The van der Waals surface area contributed by atoms with Crippen LogP contribution in [0.25, 0.3) is 0 Å². The van der Waals surface area contributed by atoms with Crippen LogP contribution in [0.1, 0.15) is 25.7 Å². The third-order valence-electron chi connectivity index (χ3n) is 3.26. The van der Waals surface area contributed by atoms with Crippen molar-refractivity contribution in [3.05, 3.63) is 0 Å². The molecular formula is C9H14BNO. The fourth-order valence-corrected chi connectivity index (χ4v) is 2.42. The zero-order valence-corrected chi connectivity index (χ0v) is 7.38. The van der Waals surface area contributed by atoms with Crippen LogP contribution in [0.2, 0.25) is 12.6 Å². The molecule has 2 aliphatic heterocycles. The maximum atomic E-state index is 8.73. The zero-order chi connectivity index (χ0) is 8.44. The smallest absolute Gasteiger partial charge is 0.268 e. The predicted octanol–water partition coefficient (Wildman–Crippen LogP) is 1.89. The molecule has 0 saturated carbocycles. The Morgan fingerprint density at radius 3 is 2.50 bits per heavy atom. The van der Waals surface area contributed by atoms with Crippen LogP contribution in [0.15, 0.2) is 0 Å². The monoisotopic (exact) mass is 163 g/mol. The minimum atomic E-state index is 0.202. The first-order chi connectivity index (χ1) is 5.85. The van der Waals surface area contributed by atoms with Crippen LogP contribution in [0.3, 0.4) is 0 Å². The van der Waals surface area contributed by atoms with Crippen molar-refractivity contribution >= 4 is 6.71 Å². The maximum Gasteiger partial charge on any atom is 0.268 e. The van der Waals surface area contributed by atoms with Gasteiger partial charge >= 0.3 is 0 Å². The van der Waals surface area contributed by atoms with Gasteiger partial charge in [0.25, 0.3) is 6.71 Å². The van der Waals surface area contributed by atoms with Crippen molar-refractivity contribution in [1.82, 2.24) is 0 Å². The number of ether oxygens (including phenoxy) is 1. The van der Waals surface area contributed by atoms with Crippen molar-refractivity contribution in [2.24, 2.45) is 0 Å². The quantitative estimate of drug-likeness (QED) is 0.510. The molecule has 12 heavy (non-hydrogen) atoms. The van der Waals surface area contributed by atoms with Crippen LogP contribution in [0.5, 0.6) is 0 Å². The van der Waals surface area contributed by atoms with Crippen molar-refractivity contribution in [1.29, 1.82) is 5.26 Å². The van der Waals surface area contributed by atoms with E-state index in [1.54, 1.807) is 0 Å². The molecule has 1 spiro atoms. The second kappa shape index (κ2) is 3.10. The maximum absolute atomic E-state index is 8.73. The van der Waals surface area contributed by atoms with Gasteiger partial charge in [0.1, 0.15) is 0 Å². The van der Waals surface area contributed by atoms with E-state index in [0.717, 1.165) is 32.1 Å². The van der Waals surface area contributed by atoms with E-state index in [1.807, 2.05) is 0 Å². The second-order valence-corrected chi connectivity index (χ2v) is 4.04. The lowest BCUT2D eigenvalue weighted by molar-refractivity contribution is -0.00531. The Balaban J connectivity index is 1.93. The van der Waals surface area contributed by atoms with E-state index < -0.39 is 0 Å². The van der Waals surface area contributed by atoms with Gasteiger partial charge in [0.2, 0.25) is 0 Å². The van der Waals surface area contributed by atoms with Gasteiger partial charge in [-0.15, -0.1) is 0 Å². The van der Waals surface area contributed by atoms with Crippen molar-refractivity contribution in [2.45, 2.75) is 43.9 Å². The number of rotatable bonds is 0. The highest BCUT2D eigenvalue weighted by atomic mass is 16.5. The fourth-order valence-electron chi connectivity index (χ4n) is 2.42. The normalized spacial score (nSPS) is 27.4. The summed E-state index contributed by atoms with van der Waals surface area (Å²) in [6.07, 6.45) is 6.78. The van der Waals surface area contributed by atoms with Gasteiger partial charge in [-0.05, 0) is 25.7 Å². The van der Waals surface area contributed by atoms with Crippen molar-refractivity contribution in [3.63, 3.8) is 0 Å². The highest BCUT2D eigenvalue weighted by Gasteiger charge is 2.39. The molecule has 0 bridgehead atoms. The largest absolute Gasteiger partial charge is 0.375 e. The van der Waals surface area contributed by atoms with Crippen molar-refractivity contribution in [3.8, 4) is 5.97 Å². The molecule has 2 nitrogen and oxygen atoms in total. The molecule has 0 aliphatic carbocycles. The first-order valence-electron chi connectivity index (χ1n) is 4.88. The third-order valence-corrected chi connectivity index (χ3v) is 3.26. The van der Waals surface area contributed by atoms with Gasteiger partial charge in [0, 0.05) is 12.6 Å². The molecule has 0 unspecified atom stereocenters. The molecule has 0 amide bonds. The van der Waals surface area contributed by atoms with E-state index in [2.05, 4.69) is 5.97 Å². The summed E-state index contributed by atoms with van der Waals surface area (Å²) < 4.78 is 5.76. The number of hydrogen-bond donors (Lipinski definition) is 0. The van der Waals surface area contributed by atoms with Gasteiger partial charge in [-0.1, -0.05) is 12.6 Å². The molecule has 3 heteroatoms. The van der Waals surface area contributed by atoms with Gasteiger partial charge < -0.3 is 4.74 Å². The lowest BCUT2D eigenvalue weighted by atomic mass is 9.41. The van der Waals surface area contributed by atoms with E-state index in [0.29, 0.717) is 6.71 Å². The van der Waals surface area contributed by atoms with E-state index in [-0.39, 0.29) is 5.60 Å². The van der Waals surface area contributed by atoms with Gasteiger partial charge in [0.15, 0.2) is 0 Å². The third kappa shape index (κ3) is 1.36. The first-order valence-corrected chi connectivity index (χ1v) is 4.88. The Morgan fingerprint density at radius 2 is 2.00 bits per heavy atom. The van der Waals surface area contributed by atoms with E-state index in [4.69, 9.17) is 10.00 Å². The molecule has 0 aromatic rings. The molecule has 0 N–H and O–H groups in total. The summed E-state index contributed by atoms with van der Waals surface area (Å²) in [6, 6.07) is 0. The minimum Gasteiger partial charge on any atom is -0.375 e. The molecule has 2 saturated heterocycles. The summed E-state index contributed by atoms with van der Waals surface area (Å²) in [4.78, 5) is 0. The van der Waals surface area contributed by atoms with Gasteiger partial charge in [-0.25, -0.2) is 5.26 Å². The molecule has 0 radical (unpaired) electrons. The second-order valence-electron chi connectivity index (χ2n) is 4.04. The van der Waals surface area contributed by atoms with E-state index >= 15 is 0 Å². The average Bonchev–Trinajstić information content (AvgIpc) is 2.55. The molecule has 0 aromatic heterocycles. The van der Waals surface area contributed by atoms with Crippen molar-refractivity contribution in [2.75, 3.05) is 6.61 Å². The standard InChI is InChI=1S/C9H14BNO/c11-8-10-5-3-9(4-6-10)2-1-7-12-9/h1-7H2. The SMILES string of the molecule is N#CB1CCC2(CCCO2)CC1. The van der Waals surface area contributed by atoms with Crippen LogP contribution in [-0.2, 0) is 4.74 Å². The summed E-state index contributed by atoms with van der Waals surface area (Å²) in [5, 5.41) is 8.73. The van der Waals surface area contributed by atoms with Crippen LogP contribution in [0.4, 0.5) is 0 Å². The van der Waals surface area contributed by atoms with Gasteiger partial charge in [-0.2, -0.15) is 0 Å². The fraction of sp³-hybridized carbons (Fsp3) is 0.889.